The minimum Gasteiger partial charge on any atom is -0.336 e. The highest BCUT2D eigenvalue weighted by Crippen LogP contribution is 2.22. The topological polar surface area (TPSA) is 84.7 Å². The number of nitrogens with zero attached hydrogens (tertiary/aromatic N) is 3. The Balaban J connectivity index is 2.11. The number of fused-ring (bicyclic) bond motifs is 1. The second-order valence-electron chi connectivity index (χ2n) is 4.27. The van der Waals surface area contributed by atoms with Gasteiger partial charge in [0, 0.05) is 11.6 Å². The number of hydrogen-bond acceptors (Lipinski definition) is 4. The number of benzene rings is 1. The van der Waals surface area contributed by atoms with Crippen LogP contribution in [0.5, 0.6) is 0 Å². The quantitative estimate of drug-likeness (QED) is 0.563. The van der Waals surface area contributed by atoms with Crippen LogP contribution in [0.4, 0.5) is 5.69 Å². The van der Waals surface area contributed by atoms with Gasteiger partial charge in [0.05, 0.1) is 10.4 Å². The Morgan fingerprint density at radius 3 is 2.68 bits per heavy atom. The van der Waals surface area contributed by atoms with Gasteiger partial charge in [-0.2, -0.15) is 0 Å². The molecule has 0 atom stereocenters. The number of aryl methyl sites for hydroxylation is 1. The van der Waals surface area contributed by atoms with Gasteiger partial charge in [-0.1, -0.05) is 29.8 Å². The molecule has 6 heteroatoms. The molecule has 0 spiro atoms. The van der Waals surface area contributed by atoms with Crippen LogP contribution in [-0.2, 0) is 0 Å². The Labute approximate surface area is 108 Å². The fourth-order valence-electron chi connectivity index (χ4n) is 1.84. The number of nitro groups is 1. The summed E-state index contributed by atoms with van der Waals surface area (Å²) in [5, 5.41) is 10.7. The molecule has 0 aliphatic heterocycles. The molecule has 0 unspecified atom stereocenters. The van der Waals surface area contributed by atoms with E-state index in [0.29, 0.717) is 17.0 Å². The summed E-state index contributed by atoms with van der Waals surface area (Å²) in [6, 6.07) is 9.30. The molecule has 1 aromatic carbocycles. The fraction of sp³-hybridized carbons (Fsp3) is 0.0769. The van der Waals surface area contributed by atoms with Gasteiger partial charge in [0.15, 0.2) is 5.65 Å². The van der Waals surface area contributed by atoms with Crippen molar-refractivity contribution in [2.24, 2.45) is 0 Å². The first-order chi connectivity index (χ1) is 9.13. The maximum Gasteiger partial charge on any atom is 0.289 e. The Kier molecular flexibility index (Phi) is 2.49. The number of nitrogens with one attached hydrogen (secondary N) is 1. The lowest BCUT2D eigenvalue weighted by Crippen LogP contribution is -1.88. The lowest BCUT2D eigenvalue weighted by molar-refractivity contribution is -0.385. The van der Waals surface area contributed by atoms with E-state index in [1.54, 1.807) is 0 Å². The molecule has 2 aromatic heterocycles. The van der Waals surface area contributed by atoms with Gasteiger partial charge >= 0.3 is 0 Å². The van der Waals surface area contributed by atoms with Gasteiger partial charge in [-0.05, 0) is 6.92 Å². The Morgan fingerprint density at radius 1 is 1.26 bits per heavy atom. The van der Waals surface area contributed by atoms with E-state index in [-0.39, 0.29) is 5.69 Å². The van der Waals surface area contributed by atoms with Crippen LogP contribution in [0, 0.1) is 17.0 Å². The van der Waals surface area contributed by atoms with E-state index in [1.165, 1.54) is 12.3 Å². The fourth-order valence-corrected chi connectivity index (χ4v) is 1.84. The Hall–Kier alpha value is -2.76. The third kappa shape index (κ3) is 2.03. The van der Waals surface area contributed by atoms with Gasteiger partial charge in [0.25, 0.3) is 5.69 Å². The summed E-state index contributed by atoms with van der Waals surface area (Å²) in [6.45, 7) is 2.01. The van der Waals surface area contributed by atoms with Crippen LogP contribution in [0.2, 0.25) is 0 Å². The van der Waals surface area contributed by atoms with Crippen LogP contribution >= 0.6 is 0 Å². The van der Waals surface area contributed by atoms with E-state index in [0.717, 1.165) is 11.1 Å². The summed E-state index contributed by atoms with van der Waals surface area (Å²) in [5.41, 5.74) is 3.07. The molecule has 0 saturated carbocycles. The predicted molar refractivity (Wildman–Crippen MR) is 70.7 cm³/mol. The summed E-state index contributed by atoms with van der Waals surface area (Å²) in [7, 11) is 0. The number of hydrogen-bond donors (Lipinski definition) is 1. The molecule has 94 valence electrons. The monoisotopic (exact) mass is 254 g/mol. The van der Waals surface area contributed by atoms with Crippen molar-refractivity contribution >= 4 is 16.9 Å². The van der Waals surface area contributed by atoms with Crippen molar-refractivity contribution in [1.29, 1.82) is 0 Å². The Bertz CT molecular complexity index is 762. The number of aromatic amines is 1. The van der Waals surface area contributed by atoms with Crippen LogP contribution in [0.25, 0.3) is 22.6 Å². The summed E-state index contributed by atoms with van der Waals surface area (Å²) in [6.07, 6.45) is 1.21. The van der Waals surface area contributed by atoms with Crippen molar-refractivity contribution in [3.63, 3.8) is 0 Å². The van der Waals surface area contributed by atoms with Crippen LogP contribution in [0.3, 0.4) is 0 Å². The molecule has 3 rings (SSSR count). The normalized spacial score (nSPS) is 10.8. The summed E-state index contributed by atoms with van der Waals surface area (Å²) < 4.78 is 0. The molecule has 0 fully saturated rings. The van der Waals surface area contributed by atoms with Gasteiger partial charge in [-0.3, -0.25) is 10.1 Å². The highest BCUT2D eigenvalue weighted by Gasteiger charge is 2.11. The zero-order chi connectivity index (χ0) is 13.4. The van der Waals surface area contributed by atoms with Gasteiger partial charge in [0.1, 0.15) is 12.0 Å². The first-order valence-corrected chi connectivity index (χ1v) is 5.71. The van der Waals surface area contributed by atoms with Gasteiger partial charge in [0.2, 0.25) is 0 Å². The van der Waals surface area contributed by atoms with E-state index in [2.05, 4.69) is 15.0 Å². The average molecular weight is 254 g/mol. The van der Waals surface area contributed by atoms with Crippen LogP contribution in [0.15, 0.2) is 36.5 Å². The molecule has 19 heavy (non-hydrogen) atoms. The first-order valence-electron chi connectivity index (χ1n) is 5.71. The lowest BCUT2D eigenvalue weighted by atomic mass is 10.1. The molecule has 0 radical (unpaired) electrons. The van der Waals surface area contributed by atoms with Crippen LogP contribution in [0.1, 0.15) is 5.56 Å². The van der Waals surface area contributed by atoms with Crippen LogP contribution in [-0.4, -0.2) is 19.9 Å². The minimum absolute atomic E-state index is 0.0494. The second kappa shape index (κ2) is 4.16. The van der Waals surface area contributed by atoms with Crippen molar-refractivity contribution in [2.45, 2.75) is 6.92 Å². The van der Waals surface area contributed by atoms with E-state index in [1.807, 2.05) is 31.2 Å². The summed E-state index contributed by atoms with van der Waals surface area (Å²) in [5.74, 6) is 0.656. The van der Waals surface area contributed by atoms with E-state index in [4.69, 9.17) is 0 Å². The molecule has 0 amide bonds. The van der Waals surface area contributed by atoms with Gasteiger partial charge < -0.3 is 4.98 Å². The van der Waals surface area contributed by atoms with Crippen LogP contribution < -0.4 is 0 Å². The van der Waals surface area contributed by atoms with Crippen molar-refractivity contribution in [1.82, 2.24) is 15.0 Å². The number of pyridine rings is 1. The van der Waals surface area contributed by atoms with Gasteiger partial charge in [-0.25, -0.2) is 9.97 Å². The largest absolute Gasteiger partial charge is 0.336 e. The number of imidazole rings is 1. The highest BCUT2D eigenvalue weighted by molar-refractivity contribution is 5.77. The molecule has 0 saturated heterocycles. The van der Waals surface area contributed by atoms with E-state index >= 15 is 0 Å². The zero-order valence-electron chi connectivity index (χ0n) is 10.1. The molecular weight excluding hydrogens is 244 g/mol. The second-order valence-corrected chi connectivity index (χ2v) is 4.27. The predicted octanol–water partition coefficient (Wildman–Crippen LogP) is 2.84. The molecule has 6 nitrogen and oxygen atoms in total. The number of aromatic nitrogens is 3. The van der Waals surface area contributed by atoms with Crippen molar-refractivity contribution < 1.29 is 4.92 Å². The Morgan fingerprint density at radius 2 is 2.00 bits per heavy atom. The zero-order valence-corrected chi connectivity index (χ0v) is 10.1. The smallest absolute Gasteiger partial charge is 0.289 e. The maximum absolute atomic E-state index is 10.7. The van der Waals surface area contributed by atoms with Crippen molar-refractivity contribution in [3.05, 3.63) is 52.2 Å². The highest BCUT2D eigenvalue weighted by atomic mass is 16.6. The molecule has 0 bridgehead atoms. The van der Waals surface area contributed by atoms with Gasteiger partial charge in [-0.15, -0.1) is 0 Å². The first kappa shape index (κ1) is 11.3. The molecule has 1 N–H and O–H groups in total. The standard InChI is InChI=1S/C13H10N4O2/c1-8-2-4-9(5-3-8)12-15-11-6-10(17(18)19)7-14-13(11)16-12/h2-7H,1H3,(H,14,15,16). The SMILES string of the molecule is Cc1ccc(-c2nc3ncc([N+](=O)[O-])cc3[nH]2)cc1. The van der Waals surface area contributed by atoms with E-state index in [9.17, 15) is 10.1 Å². The summed E-state index contributed by atoms with van der Waals surface area (Å²) >= 11 is 0. The average Bonchev–Trinajstić information content (AvgIpc) is 2.82. The molecule has 0 aliphatic carbocycles. The molecule has 3 aromatic rings. The molecule has 2 heterocycles. The van der Waals surface area contributed by atoms with Crippen molar-refractivity contribution in [3.8, 4) is 11.4 Å². The number of H-pyrrole nitrogens is 1. The molecule has 0 aliphatic rings. The molecular formula is C13H10N4O2. The third-order valence-electron chi connectivity index (χ3n) is 2.86. The third-order valence-corrected chi connectivity index (χ3v) is 2.86. The van der Waals surface area contributed by atoms with E-state index < -0.39 is 4.92 Å². The number of rotatable bonds is 2. The minimum atomic E-state index is -0.473. The maximum atomic E-state index is 10.7. The van der Waals surface area contributed by atoms with Crippen molar-refractivity contribution in [2.75, 3.05) is 0 Å². The summed E-state index contributed by atoms with van der Waals surface area (Å²) in [4.78, 5) is 21.6. The lowest BCUT2D eigenvalue weighted by Gasteiger charge is -1.96.